The van der Waals surface area contributed by atoms with Crippen LogP contribution < -0.4 is 4.72 Å². The van der Waals surface area contributed by atoms with Gasteiger partial charge in [0.2, 0.25) is 0 Å². The van der Waals surface area contributed by atoms with Crippen molar-refractivity contribution in [1.82, 2.24) is 4.98 Å². The summed E-state index contributed by atoms with van der Waals surface area (Å²) in [5.41, 5.74) is 1.07. The summed E-state index contributed by atoms with van der Waals surface area (Å²) in [4.78, 5) is 4.34. The molecule has 1 spiro atoms. The van der Waals surface area contributed by atoms with E-state index in [1.54, 1.807) is 36.5 Å². The fraction of sp³-hybridized carbons (Fsp3) is 0.348. The summed E-state index contributed by atoms with van der Waals surface area (Å²) < 4.78 is 48.0. The molecule has 3 aromatic rings. The van der Waals surface area contributed by atoms with Gasteiger partial charge >= 0.3 is 0 Å². The number of aromatic nitrogens is 1. The van der Waals surface area contributed by atoms with E-state index in [0.29, 0.717) is 17.3 Å². The summed E-state index contributed by atoms with van der Waals surface area (Å²) in [6.45, 7) is 0.442. The molecule has 2 fully saturated rings. The summed E-state index contributed by atoms with van der Waals surface area (Å²) >= 11 is 5.88. The fourth-order valence-electron chi connectivity index (χ4n) is 4.92. The Balaban J connectivity index is 1.33. The van der Waals surface area contributed by atoms with Crippen molar-refractivity contribution in [3.63, 3.8) is 0 Å². The Morgan fingerprint density at radius 2 is 1.84 bits per heavy atom. The maximum absolute atomic E-state index is 13.8. The molecule has 162 valence electrons. The quantitative estimate of drug-likeness (QED) is 0.560. The van der Waals surface area contributed by atoms with E-state index < -0.39 is 15.5 Å². The van der Waals surface area contributed by atoms with Crippen LogP contribution in [0.3, 0.4) is 0 Å². The molecule has 0 bridgehead atoms. The molecular weight excluding hydrogens is 439 g/mol. The van der Waals surface area contributed by atoms with E-state index in [-0.39, 0.29) is 17.2 Å². The second-order valence-electron chi connectivity index (χ2n) is 8.50. The van der Waals surface area contributed by atoms with Gasteiger partial charge in [0.05, 0.1) is 12.1 Å². The minimum absolute atomic E-state index is 0.242. The first-order chi connectivity index (χ1) is 14.9. The van der Waals surface area contributed by atoms with Crippen LogP contribution in [-0.2, 0) is 14.8 Å². The molecule has 2 aromatic carbocycles. The molecular formula is C23H22ClFN2O3S. The average Bonchev–Trinajstić information content (AvgIpc) is 2.74. The normalized spacial score (nSPS) is 26.0. The average molecular weight is 461 g/mol. The van der Waals surface area contributed by atoms with E-state index in [9.17, 15) is 12.8 Å². The van der Waals surface area contributed by atoms with Crippen LogP contribution in [0.25, 0.3) is 10.9 Å². The molecule has 1 saturated heterocycles. The molecule has 1 aliphatic heterocycles. The molecule has 5 rings (SSSR count). The smallest absolute Gasteiger partial charge is 0.260 e. The Kier molecular flexibility index (Phi) is 5.15. The van der Waals surface area contributed by atoms with Gasteiger partial charge < -0.3 is 4.74 Å². The number of pyridine rings is 1. The molecule has 0 radical (unpaired) electrons. The van der Waals surface area contributed by atoms with E-state index in [0.717, 1.165) is 42.1 Å². The van der Waals surface area contributed by atoms with Crippen LogP contribution >= 0.6 is 11.6 Å². The van der Waals surface area contributed by atoms with Crippen molar-refractivity contribution in [1.29, 1.82) is 0 Å². The van der Waals surface area contributed by atoms with Crippen LogP contribution in [0.15, 0.2) is 54.7 Å². The van der Waals surface area contributed by atoms with Crippen LogP contribution in [0.1, 0.15) is 37.2 Å². The molecule has 1 unspecified atom stereocenters. The lowest BCUT2D eigenvalue weighted by atomic mass is 9.67. The zero-order valence-electron chi connectivity index (χ0n) is 16.7. The highest BCUT2D eigenvalue weighted by atomic mass is 35.5. The zero-order valence-corrected chi connectivity index (χ0v) is 18.3. The molecule has 5 nitrogen and oxygen atoms in total. The van der Waals surface area contributed by atoms with Crippen molar-refractivity contribution in [2.75, 3.05) is 11.3 Å². The van der Waals surface area contributed by atoms with Crippen LogP contribution in [0.5, 0.6) is 0 Å². The second-order valence-corrected chi connectivity index (χ2v) is 10.7. The Morgan fingerprint density at radius 1 is 1.10 bits per heavy atom. The summed E-state index contributed by atoms with van der Waals surface area (Å²) in [5, 5.41) is 1.38. The van der Waals surface area contributed by atoms with Gasteiger partial charge in [0.1, 0.15) is 5.82 Å². The lowest BCUT2D eigenvalue weighted by Crippen LogP contribution is -2.58. The molecule has 0 amide bonds. The van der Waals surface area contributed by atoms with Crippen molar-refractivity contribution in [3.05, 3.63) is 71.1 Å². The van der Waals surface area contributed by atoms with Crippen LogP contribution in [0.2, 0.25) is 5.02 Å². The van der Waals surface area contributed by atoms with E-state index in [4.69, 9.17) is 16.3 Å². The van der Waals surface area contributed by atoms with Crippen molar-refractivity contribution < 1.29 is 17.5 Å². The van der Waals surface area contributed by atoms with Gasteiger partial charge in [0, 0.05) is 27.7 Å². The van der Waals surface area contributed by atoms with Gasteiger partial charge in [-0.3, -0.25) is 9.71 Å². The molecule has 2 aliphatic rings. The van der Waals surface area contributed by atoms with E-state index >= 15 is 0 Å². The third kappa shape index (κ3) is 3.79. The van der Waals surface area contributed by atoms with E-state index in [1.165, 1.54) is 12.1 Å². The third-order valence-corrected chi connectivity index (χ3v) is 8.54. The first-order valence-corrected chi connectivity index (χ1v) is 12.2. The monoisotopic (exact) mass is 460 g/mol. The number of halogens is 2. The Morgan fingerprint density at radius 3 is 2.52 bits per heavy atom. The van der Waals surface area contributed by atoms with Crippen molar-refractivity contribution in [3.8, 4) is 0 Å². The van der Waals surface area contributed by atoms with Crippen LogP contribution in [0, 0.1) is 11.2 Å². The number of anilines is 1. The molecule has 31 heavy (non-hydrogen) atoms. The number of sulfonamides is 1. The number of hydrogen-bond donors (Lipinski definition) is 1. The van der Waals surface area contributed by atoms with Crippen LogP contribution in [-0.4, -0.2) is 25.4 Å². The summed E-state index contributed by atoms with van der Waals surface area (Å²) in [5.74, 6) is -0.0352. The second kappa shape index (κ2) is 7.73. The number of hydrogen-bond acceptors (Lipinski definition) is 4. The Bertz CT molecular complexity index is 1230. The lowest BCUT2D eigenvalue weighted by Gasteiger charge is -2.51. The Labute approximate surface area is 185 Å². The fourth-order valence-corrected chi connectivity index (χ4v) is 6.83. The summed E-state index contributed by atoms with van der Waals surface area (Å²) in [6, 6.07) is 13.2. The first kappa shape index (κ1) is 20.7. The van der Waals surface area contributed by atoms with Gasteiger partial charge in [-0.1, -0.05) is 11.6 Å². The first-order valence-electron chi connectivity index (χ1n) is 10.3. The molecule has 1 atom stereocenters. The lowest BCUT2D eigenvalue weighted by molar-refractivity contribution is -0.159. The van der Waals surface area contributed by atoms with Gasteiger partial charge in [-0.05, 0) is 85.7 Å². The topological polar surface area (TPSA) is 68.3 Å². The minimum Gasteiger partial charge on any atom is -0.359 e. The number of ether oxygens (including phenoxy) is 1. The van der Waals surface area contributed by atoms with Gasteiger partial charge in [-0.25, -0.2) is 12.8 Å². The maximum Gasteiger partial charge on any atom is 0.260 e. The third-order valence-electron chi connectivity index (χ3n) is 6.57. The maximum atomic E-state index is 13.8. The number of nitrogens with zero attached hydrogens (tertiary/aromatic N) is 1. The highest BCUT2D eigenvalue weighted by Crippen LogP contribution is 2.53. The number of rotatable bonds is 4. The van der Waals surface area contributed by atoms with Crippen molar-refractivity contribution in [2.24, 2.45) is 5.41 Å². The highest BCUT2D eigenvalue weighted by Gasteiger charge is 2.56. The molecule has 1 aliphatic carbocycles. The predicted molar refractivity (Wildman–Crippen MR) is 119 cm³/mol. The Hall–Kier alpha value is -2.22. The summed E-state index contributed by atoms with van der Waals surface area (Å²) in [6.07, 6.45) is 4.89. The minimum atomic E-state index is -3.69. The van der Waals surface area contributed by atoms with E-state index in [2.05, 4.69) is 9.71 Å². The standard InChI is InChI=1S/C23H22ClFN2O3S/c24-16-1-4-18(5-2-16)27-31(28,29)22-23(14-30-22)10-7-15(8-11-23)19-9-12-26-21-6-3-17(25)13-20(19)21/h1-6,9,12-13,15,22,27H,7-8,10-11,14H2. The number of fused-ring (bicyclic) bond motifs is 1. The van der Waals surface area contributed by atoms with Crippen molar-refractivity contribution in [2.45, 2.75) is 37.0 Å². The number of nitrogens with one attached hydrogen (secondary N) is 1. The molecule has 8 heteroatoms. The molecule has 1 saturated carbocycles. The summed E-state index contributed by atoms with van der Waals surface area (Å²) in [7, 11) is -3.69. The van der Waals surface area contributed by atoms with Crippen molar-refractivity contribution >= 4 is 38.2 Å². The SMILES string of the molecule is O=S(=O)(Nc1ccc(Cl)cc1)C1OCC12CCC(c1ccnc3ccc(F)cc13)CC2. The zero-order chi connectivity index (χ0) is 21.6. The van der Waals surface area contributed by atoms with Crippen LogP contribution in [0.4, 0.5) is 10.1 Å². The predicted octanol–water partition coefficient (Wildman–Crippen LogP) is 5.47. The number of benzene rings is 2. The van der Waals surface area contributed by atoms with E-state index in [1.807, 2.05) is 6.07 Å². The largest absolute Gasteiger partial charge is 0.359 e. The molecule has 2 heterocycles. The van der Waals surface area contributed by atoms with Gasteiger partial charge in [-0.2, -0.15) is 0 Å². The highest BCUT2D eigenvalue weighted by molar-refractivity contribution is 7.93. The molecule has 1 N–H and O–H groups in total. The van der Waals surface area contributed by atoms with Gasteiger partial charge in [0.25, 0.3) is 10.0 Å². The molecule has 1 aromatic heterocycles. The van der Waals surface area contributed by atoms with Gasteiger partial charge in [-0.15, -0.1) is 0 Å². The van der Waals surface area contributed by atoms with Gasteiger partial charge in [0.15, 0.2) is 5.44 Å².